The summed E-state index contributed by atoms with van der Waals surface area (Å²) in [5.41, 5.74) is 2.42. The quantitative estimate of drug-likeness (QED) is 0.939. The molecule has 2 aromatic rings. The number of nitrogens with zero attached hydrogens (tertiary/aromatic N) is 2. The Morgan fingerprint density at radius 3 is 2.52 bits per heavy atom. The molecule has 1 amide bonds. The summed E-state index contributed by atoms with van der Waals surface area (Å²) in [6.45, 7) is 4.44. The lowest BCUT2D eigenvalue weighted by Crippen LogP contribution is -2.26. The number of aromatic nitrogens is 2. The molecular weight excluding hydrogens is 294 g/mol. The van der Waals surface area contributed by atoms with Crippen molar-refractivity contribution < 1.29 is 14.3 Å². The Bertz CT molecular complexity index is 674. The molecule has 1 aliphatic heterocycles. The minimum atomic E-state index is -0.338. The summed E-state index contributed by atoms with van der Waals surface area (Å²) in [6, 6.07) is 9.31. The standard InChI is InChI=1S/C17H19N3O3/c1-11-10-12(2)19-17(18-11)23-14-7-5-13(6-8-14)20-16(21)15-4-3-9-22-15/h5-8,10,15H,3-4,9H2,1-2H3,(H,20,21). The second-order valence-corrected chi connectivity index (χ2v) is 5.55. The lowest BCUT2D eigenvalue weighted by atomic mass is 10.2. The maximum Gasteiger partial charge on any atom is 0.322 e. The van der Waals surface area contributed by atoms with E-state index in [0.717, 1.165) is 24.2 Å². The Kier molecular flexibility index (Phi) is 4.52. The van der Waals surface area contributed by atoms with Gasteiger partial charge >= 0.3 is 6.01 Å². The van der Waals surface area contributed by atoms with Gasteiger partial charge in [0.25, 0.3) is 5.91 Å². The van der Waals surface area contributed by atoms with E-state index in [1.807, 2.05) is 19.9 Å². The summed E-state index contributed by atoms with van der Waals surface area (Å²) in [6.07, 6.45) is 1.37. The van der Waals surface area contributed by atoms with Gasteiger partial charge in [0.1, 0.15) is 11.9 Å². The molecule has 1 aliphatic rings. The maximum atomic E-state index is 12.0. The van der Waals surface area contributed by atoms with Crippen LogP contribution in [0.5, 0.6) is 11.8 Å². The fourth-order valence-corrected chi connectivity index (χ4v) is 2.46. The molecule has 1 saturated heterocycles. The molecule has 2 heterocycles. The first-order valence-corrected chi connectivity index (χ1v) is 7.63. The Hall–Kier alpha value is -2.47. The number of amides is 1. The van der Waals surface area contributed by atoms with E-state index in [1.54, 1.807) is 24.3 Å². The van der Waals surface area contributed by atoms with Crippen LogP contribution in [0.2, 0.25) is 0 Å². The van der Waals surface area contributed by atoms with Crippen molar-refractivity contribution in [1.82, 2.24) is 9.97 Å². The highest BCUT2D eigenvalue weighted by Gasteiger charge is 2.23. The van der Waals surface area contributed by atoms with Crippen LogP contribution in [0.3, 0.4) is 0 Å². The van der Waals surface area contributed by atoms with Gasteiger partial charge < -0.3 is 14.8 Å². The summed E-state index contributed by atoms with van der Waals surface area (Å²) in [7, 11) is 0. The Balaban J connectivity index is 1.63. The average molecular weight is 313 g/mol. The molecule has 0 radical (unpaired) electrons. The van der Waals surface area contributed by atoms with Crippen molar-refractivity contribution in [1.29, 1.82) is 0 Å². The van der Waals surface area contributed by atoms with E-state index in [0.29, 0.717) is 24.1 Å². The van der Waals surface area contributed by atoms with E-state index in [4.69, 9.17) is 9.47 Å². The van der Waals surface area contributed by atoms with Crippen molar-refractivity contribution in [3.05, 3.63) is 41.7 Å². The molecule has 120 valence electrons. The number of anilines is 1. The van der Waals surface area contributed by atoms with Crippen molar-refractivity contribution in [2.75, 3.05) is 11.9 Å². The summed E-state index contributed by atoms with van der Waals surface area (Å²) in [4.78, 5) is 20.4. The number of carbonyl (C=O) groups is 1. The third-order valence-corrected chi connectivity index (χ3v) is 3.51. The van der Waals surface area contributed by atoms with Crippen LogP contribution in [0.1, 0.15) is 24.2 Å². The molecule has 1 N–H and O–H groups in total. The van der Waals surface area contributed by atoms with Gasteiger partial charge in [0, 0.05) is 23.7 Å². The largest absolute Gasteiger partial charge is 0.424 e. The van der Waals surface area contributed by atoms with Crippen molar-refractivity contribution in [3.8, 4) is 11.8 Å². The monoisotopic (exact) mass is 313 g/mol. The van der Waals surface area contributed by atoms with E-state index in [-0.39, 0.29) is 12.0 Å². The van der Waals surface area contributed by atoms with Crippen molar-refractivity contribution in [2.24, 2.45) is 0 Å². The molecule has 1 aromatic carbocycles. The summed E-state index contributed by atoms with van der Waals surface area (Å²) >= 11 is 0. The number of hydrogen-bond donors (Lipinski definition) is 1. The van der Waals surface area contributed by atoms with Crippen LogP contribution >= 0.6 is 0 Å². The van der Waals surface area contributed by atoms with Crippen LogP contribution in [-0.2, 0) is 9.53 Å². The number of nitrogens with one attached hydrogen (secondary N) is 1. The highest BCUT2D eigenvalue weighted by molar-refractivity contribution is 5.94. The number of rotatable bonds is 4. The molecule has 0 bridgehead atoms. The molecule has 23 heavy (non-hydrogen) atoms. The lowest BCUT2D eigenvalue weighted by molar-refractivity contribution is -0.124. The Morgan fingerprint density at radius 2 is 1.91 bits per heavy atom. The predicted octanol–water partition coefficient (Wildman–Crippen LogP) is 3.00. The molecule has 1 fully saturated rings. The second kappa shape index (κ2) is 6.75. The van der Waals surface area contributed by atoms with E-state index in [1.165, 1.54) is 0 Å². The fourth-order valence-electron chi connectivity index (χ4n) is 2.46. The molecule has 1 aromatic heterocycles. The Morgan fingerprint density at radius 1 is 1.22 bits per heavy atom. The van der Waals surface area contributed by atoms with Gasteiger partial charge in [-0.2, -0.15) is 0 Å². The number of aryl methyl sites for hydroxylation is 2. The van der Waals surface area contributed by atoms with Gasteiger partial charge in [-0.15, -0.1) is 0 Å². The molecular formula is C17H19N3O3. The normalized spacial score (nSPS) is 17.0. The number of hydrogen-bond acceptors (Lipinski definition) is 5. The average Bonchev–Trinajstić information content (AvgIpc) is 3.02. The Labute approximate surface area is 134 Å². The second-order valence-electron chi connectivity index (χ2n) is 5.55. The van der Waals surface area contributed by atoms with Gasteiger partial charge in [0.2, 0.25) is 0 Å². The van der Waals surface area contributed by atoms with E-state index in [2.05, 4.69) is 15.3 Å². The lowest BCUT2D eigenvalue weighted by Gasteiger charge is -2.11. The van der Waals surface area contributed by atoms with E-state index >= 15 is 0 Å². The summed E-state index contributed by atoms with van der Waals surface area (Å²) in [5, 5.41) is 2.84. The first-order chi connectivity index (χ1) is 11.1. The minimum absolute atomic E-state index is 0.103. The highest BCUT2D eigenvalue weighted by Crippen LogP contribution is 2.22. The van der Waals surface area contributed by atoms with Crippen LogP contribution < -0.4 is 10.1 Å². The van der Waals surface area contributed by atoms with Crippen LogP contribution in [0.15, 0.2) is 30.3 Å². The molecule has 6 nitrogen and oxygen atoms in total. The predicted molar refractivity (Wildman–Crippen MR) is 85.6 cm³/mol. The van der Waals surface area contributed by atoms with Gasteiger partial charge in [-0.25, -0.2) is 9.97 Å². The van der Waals surface area contributed by atoms with Crippen LogP contribution in [0.4, 0.5) is 5.69 Å². The molecule has 3 rings (SSSR count). The zero-order valence-corrected chi connectivity index (χ0v) is 13.2. The first-order valence-electron chi connectivity index (χ1n) is 7.63. The van der Waals surface area contributed by atoms with Crippen LogP contribution in [0, 0.1) is 13.8 Å². The molecule has 0 aliphatic carbocycles. The van der Waals surface area contributed by atoms with Gasteiger partial charge in [0.05, 0.1) is 0 Å². The molecule has 1 unspecified atom stereocenters. The molecule has 1 atom stereocenters. The summed E-state index contributed by atoms with van der Waals surface area (Å²) in [5.74, 6) is 0.513. The van der Waals surface area contributed by atoms with Gasteiger partial charge in [-0.05, 0) is 57.0 Å². The molecule has 0 spiro atoms. The van der Waals surface area contributed by atoms with Crippen molar-refractivity contribution in [3.63, 3.8) is 0 Å². The van der Waals surface area contributed by atoms with E-state index < -0.39 is 0 Å². The third kappa shape index (κ3) is 4.04. The SMILES string of the molecule is Cc1cc(C)nc(Oc2ccc(NC(=O)C3CCCO3)cc2)n1. The van der Waals surface area contributed by atoms with Crippen molar-refractivity contribution >= 4 is 11.6 Å². The van der Waals surface area contributed by atoms with Crippen molar-refractivity contribution in [2.45, 2.75) is 32.8 Å². The number of carbonyl (C=O) groups excluding carboxylic acids is 1. The maximum absolute atomic E-state index is 12.0. The van der Waals surface area contributed by atoms with Gasteiger partial charge in [0.15, 0.2) is 0 Å². The zero-order chi connectivity index (χ0) is 16.2. The topological polar surface area (TPSA) is 73.3 Å². The zero-order valence-electron chi connectivity index (χ0n) is 13.2. The van der Waals surface area contributed by atoms with Crippen LogP contribution in [-0.4, -0.2) is 28.6 Å². The summed E-state index contributed by atoms with van der Waals surface area (Å²) < 4.78 is 11.0. The minimum Gasteiger partial charge on any atom is -0.424 e. The van der Waals surface area contributed by atoms with Gasteiger partial charge in [-0.3, -0.25) is 4.79 Å². The molecule has 6 heteroatoms. The number of ether oxygens (including phenoxy) is 2. The molecule has 0 saturated carbocycles. The smallest absolute Gasteiger partial charge is 0.322 e. The van der Waals surface area contributed by atoms with Crippen LogP contribution in [0.25, 0.3) is 0 Å². The first kappa shape index (κ1) is 15.4. The highest BCUT2D eigenvalue weighted by atomic mass is 16.5. The number of benzene rings is 1. The van der Waals surface area contributed by atoms with Gasteiger partial charge in [-0.1, -0.05) is 0 Å². The van der Waals surface area contributed by atoms with E-state index in [9.17, 15) is 4.79 Å². The fraction of sp³-hybridized carbons (Fsp3) is 0.353. The third-order valence-electron chi connectivity index (χ3n) is 3.51.